The van der Waals surface area contributed by atoms with Crippen LogP contribution in [-0.2, 0) is 17.7 Å². The fourth-order valence-corrected chi connectivity index (χ4v) is 11.4. The van der Waals surface area contributed by atoms with Crippen LogP contribution < -0.4 is 0 Å². The third kappa shape index (κ3) is 9.08. The summed E-state index contributed by atoms with van der Waals surface area (Å²) in [6.07, 6.45) is 14.3. The normalized spacial score (nSPS) is 30.1. The molecular weight excluding hydrogens is 707 g/mol. The Kier molecular flexibility index (Phi) is 13.0. The van der Waals surface area contributed by atoms with Gasteiger partial charge < -0.3 is 19.8 Å². The van der Waals surface area contributed by atoms with Crippen molar-refractivity contribution in [3.63, 3.8) is 0 Å². The minimum Gasteiger partial charge on any atom is -0.446 e. The molecule has 1 amide bonds. The molecule has 0 radical (unpaired) electrons. The quantitative estimate of drug-likeness (QED) is 0.176. The number of ketones is 1. The van der Waals surface area contributed by atoms with Crippen molar-refractivity contribution >= 4 is 22.6 Å². The van der Waals surface area contributed by atoms with Gasteiger partial charge in [-0.05, 0) is 135 Å². The Morgan fingerprint density at radius 2 is 1.70 bits per heavy atom. The van der Waals surface area contributed by atoms with Gasteiger partial charge in [-0.25, -0.2) is 4.79 Å². The molecule has 0 aromatic heterocycles. The van der Waals surface area contributed by atoms with Gasteiger partial charge in [-0.2, -0.15) is 0 Å². The average Bonchev–Trinajstić information content (AvgIpc) is 3.45. The minimum atomic E-state index is -1.24. The van der Waals surface area contributed by atoms with Crippen LogP contribution in [0.3, 0.4) is 0 Å². The Morgan fingerprint density at radius 3 is 2.49 bits per heavy atom. The zero-order valence-corrected chi connectivity index (χ0v) is 35.5. The molecule has 5 aliphatic carbocycles. The lowest BCUT2D eigenvalue weighted by Gasteiger charge is -2.46. The second kappa shape index (κ2) is 17.8. The standard InChI is InChI=1S/C51H69NO5/c1-34(2)42-24-21-36(4)29-47(42)57-49(55)52(32-40-18-11-17-38-14-9-10-19-43(38)40)33-51(56)28-26-46-44-25-22-37(31-45(44)48(54)39-15-7-6-8-16-39)30-41(53)23-20-35(3)13-12-27-50(46,51)5/h9-11,13-14,17-19,22,25,31,34,36,39,41-42,46-47,53,56H,6-8,12,15-16,20-21,23-24,26-30,32-33H2,1-5H3. The highest BCUT2D eigenvalue weighted by Gasteiger charge is 2.58. The number of Topliss-reactive ketones (excluding diaryl/α,β-unsaturated/α-hetero) is 1. The molecule has 7 unspecified atom stereocenters. The first-order chi connectivity index (χ1) is 27.3. The van der Waals surface area contributed by atoms with E-state index in [9.17, 15) is 19.8 Å². The molecule has 7 atom stereocenters. The number of carbonyl (C=O) groups is 2. The number of carbonyl (C=O) groups excluding carboxylic acids is 2. The summed E-state index contributed by atoms with van der Waals surface area (Å²) in [6, 6.07) is 20.9. The first-order valence-corrected chi connectivity index (χ1v) is 22.5. The van der Waals surface area contributed by atoms with Crippen molar-refractivity contribution < 1.29 is 24.5 Å². The Labute approximate surface area is 342 Å². The summed E-state index contributed by atoms with van der Waals surface area (Å²) >= 11 is 0. The Bertz CT molecular complexity index is 1900. The van der Waals surface area contributed by atoms with Gasteiger partial charge in [0.05, 0.1) is 18.2 Å². The van der Waals surface area contributed by atoms with Crippen LogP contribution in [0.15, 0.2) is 72.3 Å². The summed E-state index contributed by atoms with van der Waals surface area (Å²) in [5.74, 6) is 1.35. The van der Waals surface area contributed by atoms with Gasteiger partial charge in [-0.15, -0.1) is 0 Å². The molecular formula is C51H69NO5. The molecule has 3 fully saturated rings. The minimum absolute atomic E-state index is 0.0109. The maximum atomic E-state index is 14.8. The highest BCUT2D eigenvalue weighted by molar-refractivity contribution is 5.99. The fourth-order valence-electron chi connectivity index (χ4n) is 11.4. The van der Waals surface area contributed by atoms with E-state index >= 15 is 0 Å². The lowest BCUT2D eigenvalue weighted by atomic mass is 9.64. The molecule has 0 saturated heterocycles. The Balaban J connectivity index is 1.28. The van der Waals surface area contributed by atoms with E-state index in [1.165, 1.54) is 12.0 Å². The second-order valence-corrected chi connectivity index (χ2v) is 19.4. The Morgan fingerprint density at radius 1 is 0.930 bits per heavy atom. The van der Waals surface area contributed by atoms with Gasteiger partial charge in [-0.1, -0.05) is 120 Å². The molecule has 6 heteroatoms. The third-order valence-electron chi connectivity index (χ3n) is 15.1. The average molecular weight is 776 g/mol. The molecule has 6 nitrogen and oxygen atoms in total. The van der Waals surface area contributed by atoms with Crippen LogP contribution in [0.1, 0.15) is 157 Å². The molecule has 8 rings (SSSR count). The SMILES string of the molecule is CC1=CCCC2(C)C(CCC2(O)CN(Cc2cccc3ccccc23)C(=O)OC2CC(C)CCC2C(C)C)c2ccc(cc2C(=O)C2CCCCC2)CC(O)CC1. The molecule has 3 aromatic carbocycles. The van der Waals surface area contributed by atoms with Crippen LogP contribution in [0.5, 0.6) is 0 Å². The van der Waals surface area contributed by atoms with E-state index in [2.05, 4.69) is 89.2 Å². The summed E-state index contributed by atoms with van der Waals surface area (Å²) in [5.41, 5.74) is 3.21. The van der Waals surface area contributed by atoms with Crippen LogP contribution in [0.4, 0.5) is 4.79 Å². The van der Waals surface area contributed by atoms with Gasteiger partial charge in [0.1, 0.15) is 6.10 Å². The van der Waals surface area contributed by atoms with E-state index in [0.717, 1.165) is 97.2 Å². The number of allylic oxidation sites excluding steroid dienone is 2. The van der Waals surface area contributed by atoms with Crippen LogP contribution in [0.2, 0.25) is 0 Å². The van der Waals surface area contributed by atoms with E-state index < -0.39 is 17.1 Å². The zero-order valence-electron chi connectivity index (χ0n) is 35.5. The summed E-state index contributed by atoms with van der Waals surface area (Å²) in [4.78, 5) is 31.2. The molecule has 5 aliphatic rings. The smallest absolute Gasteiger partial charge is 0.410 e. The van der Waals surface area contributed by atoms with Crippen molar-refractivity contribution in [1.29, 1.82) is 0 Å². The first kappa shape index (κ1) is 41.7. The molecule has 2 N–H and O–H groups in total. The van der Waals surface area contributed by atoms with Crippen LogP contribution in [0.25, 0.3) is 10.8 Å². The molecule has 57 heavy (non-hydrogen) atoms. The van der Waals surface area contributed by atoms with Crippen molar-refractivity contribution in [2.24, 2.45) is 29.1 Å². The van der Waals surface area contributed by atoms with Crippen molar-refractivity contribution in [2.75, 3.05) is 6.54 Å². The van der Waals surface area contributed by atoms with Gasteiger partial charge in [0.2, 0.25) is 0 Å². The molecule has 0 aliphatic heterocycles. The lowest BCUT2D eigenvalue weighted by molar-refractivity contribution is -0.0876. The molecule has 0 spiro atoms. The maximum Gasteiger partial charge on any atom is 0.410 e. The molecule has 3 saturated carbocycles. The van der Waals surface area contributed by atoms with Gasteiger partial charge in [0.15, 0.2) is 5.78 Å². The van der Waals surface area contributed by atoms with Gasteiger partial charge in [-0.3, -0.25) is 4.79 Å². The molecule has 0 heterocycles. The van der Waals surface area contributed by atoms with E-state index in [-0.39, 0.29) is 36.4 Å². The summed E-state index contributed by atoms with van der Waals surface area (Å²) < 4.78 is 6.60. The number of hydrogen-bond acceptors (Lipinski definition) is 5. The van der Waals surface area contributed by atoms with Gasteiger partial charge in [0, 0.05) is 23.4 Å². The Hall–Kier alpha value is -3.48. The van der Waals surface area contributed by atoms with E-state index in [1.54, 1.807) is 0 Å². The number of aliphatic hydroxyl groups is 2. The summed E-state index contributed by atoms with van der Waals surface area (Å²) in [6.45, 7) is 11.6. The van der Waals surface area contributed by atoms with Crippen molar-refractivity contribution in [3.8, 4) is 0 Å². The van der Waals surface area contributed by atoms with Crippen LogP contribution in [-0.4, -0.2) is 51.3 Å². The van der Waals surface area contributed by atoms with Crippen molar-refractivity contribution in [2.45, 2.75) is 161 Å². The predicted octanol–water partition coefficient (Wildman–Crippen LogP) is 11.7. The lowest BCUT2D eigenvalue weighted by Crippen LogP contribution is -2.54. The summed E-state index contributed by atoms with van der Waals surface area (Å²) in [7, 11) is 0. The molecule has 3 aromatic rings. The van der Waals surface area contributed by atoms with Crippen LogP contribution >= 0.6 is 0 Å². The van der Waals surface area contributed by atoms with Gasteiger partial charge in [0.25, 0.3) is 0 Å². The topological polar surface area (TPSA) is 87.1 Å². The van der Waals surface area contributed by atoms with E-state index in [1.807, 2.05) is 17.0 Å². The highest BCUT2D eigenvalue weighted by atomic mass is 16.6. The number of benzene rings is 3. The van der Waals surface area contributed by atoms with Crippen LogP contribution in [0, 0.1) is 29.1 Å². The van der Waals surface area contributed by atoms with Crippen molar-refractivity contribution in [3.05, 3.63) is 94.6 Å². The zero-order chi connectivity index (χ0) is 40.3. The number of ether oxygens (including phenoxy) is 1. The van der Waals surface area contributed by atoms with Gasteiger partial charge >= 0.3 is 6.09 Å². The number of hydrogen-bond donors (Lipinski definition) is 2. The molecule has 308 valence electrons. The number of aliphatic hydroxyl groups excluding tert-OH is 1. The maximum absolute atomic E-state index is 14.8. The molecule has 2 bridgehead atoms. The van der Waals surface area contributed by atoms with E-state index in [0.29, 0.717) is 50.0 Å². The van der Waals surface area contributed by atoms with E-state index in [4.69, 9.17) is 4.74 Å². The first-order valence-electron chi connectivity index (χ1n) is 22.5. The highest BCUT2D eigenvalue weighted by Crippen LogP contribution is 2.59. The largest absolute Gasteiger partial charge is 0.446 e. The number of fused-ring (bicyclic) bond motifs is 9. The number of amides is 1. The third-order valence-corrected chi connectivity index (χ3v) is 15.1. The number of nitrogens with zero attached hydrogens (tertiary/aromatic N) is 1. The number of rotatable bonds is 8. The van der Waals surface area contributed by atoms with Crippen molar-refractivity contribution in [1.82, 2.24) is 4.90 Å². The predicted molar refractivity (Wildman–Crippen MR) is 230 cm³/mol. The summed E-state index contributed by atoms with van der Waals surface area (Å²) in [5, 5.41) is 26.7. The monoisotopic (exact) mass is 776 g/mol. The fraction of sp³-hybridized carbons (Fsp3) is 0.608. The second-order valence-electron chi connectivity index (χ2n) is 19.4.